The maximum Gasteiger partial charge on any atom is 0.409 e. The Bertz CT molecular complexity index is 1290. The summed E-state index contributed by atoms with van der Waals surface area (Å²) in [6, 6.07) is 8.86. The van der Waals surface area contributed by atoms with E-state index in [2.05, 4.69) is 9.97 Å². The van der Waals surface area contributed by atoms with E-state index < -0.39 is 11.7 Å². The number of nitrogen functional groups attached to an aromatic ring is 1. The van der Waals surface area contributed by atoms with Crippen molar-refractivity contribution in [3.05, 3.63) is 46.4 Å². The highest BCUT2D eigenvalue weighted by atomic mass is 32.2. The Kier molecular flexibility index (Phi) is 8.14. The highest BCUT2D eigenvalue weighted by Gasteiger charge is 2.26. The largest absolute Gasteiger partial charge is 0.448 e. The summed E-state index contributed by atoms with van der Waals surface area (Å²) in [5.74, 6) is 0.858. The molecule has 4 rings (SSSR count). The maximum atomic E-state index is 13.5. The number of imidazole rings is 1. The number of thioether (sulfide) groups is 1. The summed E-state index contributed by atoms with van der Waals surface area (Å²) in [6.45, 7) is 3.76. The molecule has 3 heterocycles. The molecule has 2 amide bonds. The Morgan fingerprint density at radius 3 is 2.58 bits per heavy atom. The van der Waals surface area contributed by atoms with E-state index in [-0.39, 0.29) is 37.1 Å². The lowest BCUT2D eigenvalue weighted by molar-refractivity contribution is 0.103. The molecule has 0 saturated carbocycles. The minimum Gasteiger partial charge on any atom is -0.448 e. The number of aromatic nitrogens is 4. The molecule has 1 fully saturated rings. The summed E-state index contributed by atoms with van der Waals surface area (Å²) in [5.41, 5.74) is 7.07. The molecule has 0 unspecified atom stereocenters. The molecule has 12 heteroatoms. The van der Waals surface area contributed by atoms with E-state index in [9.17, 15) is 14.4 Å². The van der Waals surface area contributed by atoms with Crippen LogP contribution in [0.25, 0.3) is 11.2 Å². The SMILES string of the molecule is CCCSc1nc(N)c2c(n1)n(Cc1ccccc1)c(=O)n2C(=O)N(C)CCOC(=O)N1CCCC1. The van der Waals surface area contributed by atoms with Gasteiger partial charge in [-0.2, -0.15) is 0 Å². The molecule has 1 aliphatic rings. The van der Waals surface area contributed by atoms with Crippen molar-refractivity contribution in [2.75, 3.05) is 44.8 Å². The van der Waals surface area contributed by atoms with Crippen LogP contribution < -0.4 is 11.4 Å². The van der Waals surface area contributed by atoms with Crippen molar-refractivity contribution in [2.24, 2.45) is 0 Å². The van der Waals surface area contributed by atoms with Crippen LogP contribution in [0.4, 0.5) is 15.4 Å². The topological polar surface area (TPSA) is 129 Å². The van der Waals surface area contributed by atoms with Crippen LogP contribution in [0, 0.1) is 0 Å². The molecule has 36 heavy (non-hydrogen) atoms. The molecule has 0 radical (unpaired) electrons. The van der Waals surface area contributed by atoms with Gasteiger partial charge in [0.05, 0.1) is 13.1 Å². The zero-order chi connectivity index (χ0) is 25.7. The molecule has 3 aromatic rings. The number of hydrogen-bond donors (Lipinski definition) is 1. The van der Waals surface area contributed by atoms with Gasteiger partial charge in [-0.3, -0.25) is 4.57 Å². The molecular formula is C24H31N7O4S. The molecule has 2 aromatic heterocycles. The lowest BCUT2D eigenvalue weighted by atomic mass is 10.2. The molecule has 0 atom stereocenters. The fraction of sp³-hybridized carbons (Fsp3) is 0.458. The number of carbonyl (C=O) groups excluding carboxylic acids is 2. The number of carbonyl (C=O) groups is 2. The van der Waals surface area contributed by atoms with E-state index in [0.717, 1.165) is 35.1 Å². The third kappa shape index (κ3) is 5.48. The minimum absolute atomic E-state index is 0.0127. The lowest BCUT2D eigenvalue weighted by Gasteiger charge is -2.19. The molecule has 1 aromatic carbocycles. The highest BCUT2D eigenvalue weighted by Crippen LogP contribution is 2.23. The van der Waals surface area contributed by atoms with E-state index in [4.69, 9.17) is 10.5 Å². The first-order chi connectivity index (χ1) is 17.4. The van der Waals surface area contributed by atoms with Crippen molar-refractivity contribution in [1.82, 2.24) is 28.9 Å². The number of rotatable bonds is 8. The summed E-state index contributed by atoms with van der Waals surface area (Å²) >= 11 is 1.44. The third-order valence-corrected chi connectivity index (χ3v) is 6.98. The summed E-state index contributed by atoms with van der Waals surface area (Å²) < 4.78 is 7.76. The summed E-state index contributed by atoms with van der Waals surface area (Å²) in [5, 5.41) is 0.454. The van der Waals surface area contributed by atoms with Crippen LogP contribution in [0.1, 0.15) is 31.7 Å². The van der Waals surface area contributed by atoms with Crippen LogP contribution in [-0.4, -0.2) is 80.1 Å². The third-order valence-electron chi connectivity index (χ3n) is 5.93. The van der Waals surface area contributed by atoms with E-state index in [0.29, 0.717) is 23.9 Å². The van der Waals surface area contributed by atoms with Gasteiger partial charge in [0.25, 0.3) is 0 Å². The van der Waals surface area contributed by atoms with Crippen LogP contribution in [0.3, 0.4) is 0 Å². The van der Waals surface area contributed by atoms with Gasteiger partial charge < -0.3 is 20.3 Å². The number of likely N-dealkylation sites (N-methyl/N-ethyl adjacent to an activating group) is 1. The van der Waals surface area contributed by atoms with Gasteiger partial charge in [-0.05, 0) is 24.8 Å². The van der Waals surface area contributed by atoms with Crippen LogP contribution >= 0.6 is 11.8 Å². The molecule has 192 valence electrons. The van der Waals surface area contributed by atoms with Crippen molar-refractivity contribution in [2.45, 2.75) is 37.9 Å². The number of likely N-dealkylation sites (tertiary alicyclic amines) is 1. The molecule has 1 saturated heterocycles. The summed E-state index contributed by atoms with van der Waals surface area (Å²) in [7, 11) is 1.54. The highest BCUT2D eigenvalue weighted by molar-refractivity contribution is 7.99. The Balaban J connectivity index is 1.62. The van der Waals surface area contributed by atoms with Crippen LogP contribution in [0.5, 0.6) is 0 Å². The molecular weight excluding hydrogens is 482 g/mol. The zero-order valence-corrected chi connectivity index (χ0v) is 21.4. The van der Waals surface area contributed by atoms with Crippen LogP contribution in [-0.2, 0) is 11.3 Å². The van der Waals surface area contributed by atoms with Crippen LogP contribution in [0.15, 0.2) is 40.3 Å². The van der Waals surface area contributed by atoms with Gasteiger partial charge in [0.15, 0.2) is 16.6 Å². The molecule has 0 spiro atoms. The first kappa shape index (κ1) is 25.5. The molecule has 0 bridgehead atoms. The van der Waals surface area contributed by atoms with Gasteiger partial charge in [-0.15, -0.1) is 0 Å². The lowest BCUT2D eigenvalue weighted by Crippen LogP contribution is -2.40. The standard InChI is InChI=1S/C24H31N7O4S/c1-3-15-36-21-26-19(25)18-20(27-21)30(16-17-9-5-4-6-10-17)23(33)31(18)22(32)28(2)13-14-35-24(34)29-11-7-8-12-29/h4-6,9-10H,3,7-8,11-16H2,1-2H3,(H2,25,26,27). The number of hydrogen-bond acceptors (Lipinski definition) is 8. The Hall–Kier alpha value is -3.54. The van der Waals surface area contributed by atoms with Crippen molar-refractivity contribution in [3.63, 3.8) is 0 Å². The van der Waals surface area contributed by atoms with Gasteiger partial charge in [0.2, 0.25) is 0 Å². The van der Waals surface area contributed by atoms with Crippen LogP contribution in [0.2, 0.25) is 0 Å². The summed E-state index contributed by atoms with van der Waals surface area (Å²) in [6.07, 6.45) is 2.46. The normalized spacial score (nSPS) is 13.3. The molecule has 0 aliphatic carbocycles. The molecule has 2 N–H and O–H groups in total. The first-order valence-electron chi connectivity index (χ1n) is 12.0. The Morgan fingerprint density at radius 2 is 1.89 bits per heavy atom. The number of amides is 2. The van der Waals surface area contributed by atoms with E-state index in [1.54, 1.807) is 11.9 Å². The Labute approximate surface area is 213 Å². The average molecular weight is 514 g/mol. The maximum absolute atomic E-state index is 13.5. The van der Waals surface area contributed by atoms with E-state index in [1.165, 1.54) is 21.2 Å². The minimum atomic E-state index is -0.599. The van der Waals surface area contributed by atoms with Crippen molar-refractivity contribution in [3.8, 4) is 0 Å². The van der Waals surface area contributed by atoms with E-state index >= 15 is 0 Å². The molecule has 1 aliphatic heterocycles. The van der Waals surface area contributed by atoms with Crippen molar-refractivity contribution in [1.29, 1.82) is 0 Å². The summed E-state index contributed by atoms with van der Waals surface area (Å²) in [4.78, 5) is 51.0. The molecule has 11 nitrogen and oxygen atoms in total. The second-order valence-electron chi connectivity index (χ2n) is 8.61. The number of nitrogens with zero attached hydrogens (tertiary/aromatic N) is 6. The second kappa shape index (κ2) is 11.5. The van der Waals surface area contributed by atoms with Gasteiger partial charge in [0.1, 0.15) is 12.1 Å². The van der Waals surface area contributed by atoms with E-state index in [1.807, 2.05) is 37.3 Å². The number of fused-ring (bicyclic) bond motifs is 1. The van der Waals surface area contributed by atoms with Crippen molar-refractivity contribution < 1.29 is 14.3 Å². The van der Waals surface area contributed by atoms with Crippen molar-refractivity contribution >= 4 is 40.9 Å². The number of benzene rings is 1. The average Bonchev–Trinajstić information content (AvgIpc) is 3.51. The second-order valence-corrected chi connectivity index (χ2v) is 9.68. The zero-order valence-electron chi connectivity index (χ0n) is 20.6. The predicted molar refractivity (Wildman–Crippen MR) is 138 cm³/mol. The Morgan fingerprint density at radius 1 is 1.17 bits per heavy atom. The van der Waals surface area contributed by atoms with Gasteiger partial charge in [-0.25, -0.2) is 28.9 Å². The smallest absolute Gasteiger partial charge is 0.409 e. The fourth-order valence-corrected chi connectivity index (χ4v) is 4.72. The van der Waals surface area contributed by atoms with Gasteiger partial charge in [-0.1, -0.05) is 49.0 Å². The number of ether oxygens (including phenoxy) is 1. The van der Waals surface area contributed by atoms with Gasteiger partial charge >= 0.3 is 17.8 Å². The fourth-order valence-electron chi connectivity index (χ4n) is 4.02. The predicted octanol–water partition coefficient (Wildman–Crippen LogP) is 2.86. The quantitative estimate of drug-likeness (QED) is 0.360. The monoisotopic (exact) mass is 513 g/mol. The number of nitrogens with two attached hydrogens (primary N) is 1. The van der Waals surface area contributed by atoms with Gasteiger partial charge in [0, 0.05) is 25.9 Å². The number of anilines is 1. The first-order valence-corrected chi connectivity index (χ1v) is 13.0.